The van der Waals surface area contributed by atoms with Crippen molar-refractivity contribution in [3.8, 4) is 0 Å². The van der Waals surface area contributed by atoms with Gasteiger partial charge in [-0.05, 0) is 12.8 Å². The van der Waals surface area contributed by atoms with Crippen LogP contribution in [0.2, 0.25) is 0 Å². The first-order chi connectivity index (χ1) is 13.7. The maximum absolute atomic E-state index is 13.2. The molecule has 0 saturated heterocycles. The van der Waals surface area contributed by atoms with Crippen molar-refractivity contribution in [1.82, 2.24) is 22.8 Å². The lowest BCUT2D eigenvalue weighted by Gasteiger charge is -2.20. The SMILES string of the molecule is CO/N=C(\CN(C1CC1)S(=O)(=O)c1ncn(S(=O)(=O)N(C)C)n1)c1ccccc1. The number of rotatable bonds is 9. The minimum absolute atomic E-state index is 0.0557. The minimum atomic E-state index is -4.15. The number of benzene rings is 1. The second-order valence-electron chi connectivity index (χ2n) is 6.56. The summed E-state index contributed by atoms with van der Waals surface area (Å²) in [5, 5.41) is 7.10. The molecule has 13 heteroatoms. The molecule has 0 bridgehead atoms. The lowest BCUT2D eigenvalue weighted by atomic mass is 10.1. The number of hydrogen-bond acceptors (Lipinski definition) is 8. The number of nitrogens with zero attached hydrogens (tertiary/aromatic N) is 6. The van der Waals surface area contributed by atoms with Crippen LogP contribution in [0.5, 0.6) is 0 Å². The Morgan fingerprint density at radius 3 is 2.41 bits per heavy atom. The van der Waals surface area contributed by atoms with Crippen LogP contribution in [0, 0.1) is 0 Å². The second kappa shape index (κ2) is 8.18. The number of oxime groups is 1. The molecule has 29 heavy (non-hydrogen) atoms. The highest BCUT2D eigenvalue weighted by atomic mass is 32.2. The smallest absolute Gasteiger partial charge is 0.323 e. The van der Waals surface area contributed by atoms with Crippen molar-refractivity contribution in [2.24, 2.45) is 5.16 Å². The van der Waals surface area contributed by atoms with Gasteiger partial charge in [0.2, 0.25) is 0 Å². The van der Waals surface area contributed by atoms with Gasteiger partial charge in [0, 0.05) is 25.7 Å². The van der Waals surface area contributed by atoms with E-state index in [9.17, 15) is 16.8 Å². The van der Waals surface area contributed by atoms with Crippen LogP contribution >= 0.6 is 0 Å². The van der Waals surface area contributed by atoms with E-state index in [-0.39, 0.29) is 12.6 Å². The normalized spacial score (nSPS) is 15.8. The Balaban J connectivity index is 1.95. The van der Waals surface area contributed by atoms with Gasteiger partial charge in [-0.3, -0.25) is 0 Å². The zero-order valence-electron chi connectivity index (χ0n) is 16.2. The minimum Gasteiger partial charge on any atom is -0.399 e. The van der Waals surface area contributed by atoms with Crippen molar-refractivity contribution in [1.29, 1.82) is 0 Å². The molecule has 11 nitrogen and oxygen atoms in total. The molecular formula is C16H22N6O5S2. The van der Waals surface area contributed by atoms with Gasteiger partial charge in [0.25, 0.3) is 15.2 Å². The van der Waals surface area contributed by atoms with Crippen molar-refractivity contribution < 1.29 is 21.7 Å². The third kappa shape index (κ3) is 4.47. The van der Waals surface area contributed by atoms with Gasteiger partial charge in [0.05, 0.1) is 6.54 Å². The number of sulfonamides is 1. The summed E-state index contributed by atoms with van der Waals surface area (Å²) >= 11 is 0. The average molecular weight is 443 g/mol. The van der Waals surface area contributed by atoms with E-state index in [0.29, 0.717) is 28.2 Å². The fourth-order valence-corrected chi connectivity index (χ4v) is 4.78. The van der Waals surface area contributed by atoms with Crippen LogP contribution in [0.15, 0.2) is 47.0 Å². The standard InChI is InChI=1S/C16H22N6O5S2/c1-20(2)29(25,26)22-12-17-16(18-22)28(23,24)21(14-9-10-14)11-15(19-27-3)13-7-5-4-6-8-13/h4-8,12,14H,9-11H2,1-3H3/b19-15+. The van der Waals surface area contributed by atoms with Crippen LogP contribution in [0.4, 0.5) is 0 Å². The Labute approximate surface area is 169 Å². The molecule has 0 aliphatic heterocycles. The van der Waals surface area contributed by atoms with E-state index in [0.717, 1.165) is 10.6 Å². The molecule has 0 radical (unpaired) electrons. The first kappa shape index (κ1) is 21.4. The molecule has 0 N–H and O–H groups in total. The van der Waals surface area contributed by atoms with Crippen LogP contribution in [-0.2, 0) is 25.1 Å². The molecule has 3 rings (SSSR count). The molecule has 0 atom stereocenters. The van der Waals surface area contributed by atoms with Gasteiger partial charge < -0.3 is 4.84 Å². The second-order valence-corrected chi connectivity index (χ2v) is 10.3. The Morgan fingerprint density at radius 2 is 1.86 bits per heavy atom. The molecule has 0 amide bonds. The lowest BCUT2D eigenvalue weighted by molar-refractivity contribution is 0.212. The van der Waals surface area contributed by atoms with Crippen LogP contribution in [0.1, 0.15) is 18.4 Å². The van der Waals surface area contributed by atoms with Crippen molar-refractivity contribution in [3.05, 3.63) is 42.2 Å². The van der Waals surface area contributed by atoms with E-state index in [4.69, 9.17) is 4.84 Å². The zero-order valence-corrected chi connectivity index (χ0v) is 17.8. The summed E-state index contributed by atoms with van der Waals surface area (Å²) in [4.78, 5) is 8.64. The van der Waals surface area contributed by atoms with Gasteiger partial charge in [-0.1, -0.05) is 35.5 Å². The van der Waals surface area contributed by atoms with Gasteiger partial charge in [0.1, 0.15) is 19.1 Å². The molecule has 1 aliphatic carbocycles. The van der Waals surface area contributed by atoms with Crippen molar-refractivity contribution >= 4 is 25.9 Å². The third-order valence-electron chi connectivity index (χ3n) is 4.26. The van der Waals surface area contributed by atoms with E-state index in [2.05, 4.69) is 15.2 Å². The van der Waals surface area contributed by atoms with Crippen molar-refractivity contribution in [2.75, 3.05) is 27.7 Å². The van der Waals surface area contributed by atoms with E-state index in [1.807, 2.05) is 18.2 Å². The van der Waals surface area contributed by atoms with E-state index < -0.39 is 25.4 Å². The Hall–Kier alpha value is -2.35. The highest BCUT2D eigenvalue weighted by molar-refractivity contribution is 7.89. The molecule has 1 aromatic carbocycles. The molecule has 2 aromatic rings. The topological polar surface area (TPSA) is 127 Å². The lowest BCUT2D eigenvalue weighted by Crippen LogP contribution is -2.38. The van der Waals surface area contributed by atoms with Crippen molar-refractivity contribution in [2.45, 2.75) is 24.0 Å². The first-order valence-corrected chi connectivity index (χ1v) is 11.5. The molecule has 1 heterocycles. The summed E-state index contributed by atoms with van der Waals surface area (Å²) in [6.07, 6.45) is 2.24. The third-order valence-corrected chi connectivity index (χ3v) is 7.52. The summed E-state index contributed by atoms with van der Waals surface area (Å²) in [7, 11) is -4.11. The summed E-state index contributed by atoms with van der Waals surface area (Å²) in [5.74, 6) is 0. The van der Waals surface area contributed by atoms with Crippen LogP contribution < -0.4 is 0 Å². The maximum atomic E-state index is 13.2. The average Bonchev–Trinajstić information content (AvgIpc) is 3.38. The van der Waals surface area contributed by atoms with E-state index in [1.54, 1.807) is 12.1 Å². The van der Waals surface area contributed by atoms with Crippen LogP contribution in [-0.4, -0.2) is 79.1 Å². The van der Waals surface area contributed by atoms with Gasteiger partial charge >= 0.3 is 10.2 Å². The molecule has 1 aliphatic rings. The first-order valence-electron chi connectivity index (χ1n) is 8.70. The summed E-state index contributed by atoms with van der Waals surface area (Å²) in [6, 6.07) is 8.82. The summed E-state index contributed by atoms with van der Waals surface area (Å²) in [5.41, 5.74) is 1.13. The number of aromatic nitrogens is 3. The maximum Gasteiger partial charge on any atom is 0.323 e. The summed E-state index contributed by atoms with van der Waals surface area (Å²) in [6.45, 7) is -0.0557. The molecular weight excluding hydrogens is 420 g/mol. The Kier molecular flexibility index (Phi) is 6.03. The van der Waals surface area contributed by atoms with Gasteiger partial charge in [0.15, 0.2) is 0 Å². The van der Waals surface area contributed by atoms with Gasteiger partial charge in [-0.15, -0.1) is 9.19 Å². The summed E-state index contributed by atoms with van der Waals surface area (Å²) < 4.78 is 53.4. The van der Waals surface area contributed by atoms with Gasteiger partial charge in [-0.2, -0.15) is 17.0 Å². The highest BCUT2D eigenvalue weighted by Crippen LogP contribution is 2.31. The van der Waals surface area contributed by atoms with E-state index >= 15 is 0 Å². The monoisotopic (exact) mass is 442 g/mol. The Bertz CT molecular complexity index is 1090. The Morgan fingerprint density at radius 1 is 1.21 bits per heavy atom. The largest absolute Gasteiger partial charge is 0.399 e. The molecule has 0 spiro atoms. The quantitative estimate of drug-likeness (QED) is 0.399. The van der Waals surface area contributed by atoms with Crippen LogP contribution in [0.25, 0.3) is 0 Å². The molecule has 1 saturated carbocycles. The molecule has 158 valence electrons. The van der Waals surface area contributed by atoms with Gasteiger partial charge in [-0.25, -0.2) is 13.4 Å². The fourth-order valence-electron chi connectivity index (χ4n) is 2.57. The predicted molar refractivity (Wildman–Crippen MR) is 105 cm³/mol. The molecule has 0 unspecified atom stereocenters. The zero-order chi connectivity index (χ0) is 21.2. The van der Waals surface area contributed by atoms with E-state index in [1.165, 1.54) is 25.5 Å². The van der Waals surface area contributed by atoms with Crippen LogP contribution in [0.3, 0.4) is 0 Å². The van der Waals surface area contributed by atoms with Crippen molar-refractivity contribution in [3.63, 3.8) is 0 Å². The molecule has 1 fully saturated rings. The predicted octanol–water partition coefficient (Wildman–Crippen LogP) is 0.136. The highest BCUT2D eigenvalue weighted by Gasteiger charge is 2.41. The number of hydrogen-bond donors (Lipinski definition) is 0. The molecule has 1 aromatic heterocycles. The fraction of sp³-hybridized carbons (Fsp3) is 0.438.